The highest BCUT2D eigenvalue weighted by molar-refractivity contribution is 8.15. The van der Waals surface area contributed by atoms with E-state index in [0.717, 1.165) is 11.1 Å². The van der Waals surface area contributed by atoms with Gasteiger partial charge in [0.2, 0.25) is 11.8 Å². The Morgan fingerprint density at radius 1 is 1.09 bits per heavy atom. The van der Waals surface area contributed by atoms with Crippen LogP contribution < -0.4 is 15.4 Å². The van der Waals surface area contributed by atoms with Gasteiger partial charge < -0.3 is 15.4 Å². The molecule has 9 heteroatoms. The zero-order valence-corrected chi connectivity index (χ0v) is 19.6. The standard InChI is InChI=1S/C25H21ClN4O3S/c26-19-11-9-17(10-12-19)16-33-21-8-4-5-18(13-21)15-27-30-25-29-24(32)22(34-25)14-23(31)28-20-6-2-1-3-7-20/h1-13,15,22H,14,16H2,(H,28,31)(H,29,30,32)/b27-15-/t22-/m0/s1. The third-order valence-electron chi connectivity index (χ3n) is 4.74. The summed E-state index contributed by atoms with van der Waals surface area (Å²) >= 11 is 7.09. The largest absolute Gasteiger partial charge is 0.489 e. The first-order chi connectivity index (χ1) is 16.5. The van der Waals surface area contributed by atoms with Gasteiger partial charge in [0.15, 0.2) is 5.17 Å². The van der Waals surface area contributed by atoms with Crippen LogP contribution in [0.5, 0.6) is 5.75 Å². The maximum atomic E-state index is 12.2. The topological polar surface area (TPSA) is 92.2 Å². The van der Waals surface area contributed by atoms with Crippen LogP contribution in [0.15, 0.2) is 89.1 Å². The van der Waals surface area contributed by atoms with Gasteiger partial charge in [0.1, 0.15) is 17.6 Å². The normalized spacial score (nSPS) is 16.6. The molecule has 4 rings (SSSR count). The van der Waals surface area contributed by atoms with Gasteiger partial charge >= 0.3 is 0 Å². The third-order valence-corrected chi connectivity index (χ3v) is 6.06. The molecule has 0 unspecified atom stereocenters. The lowest BCUT2D eigenvalue weighted by atomic mass is 10.2. The van der Waals surface area contributed by atoms with Crippen molar-refractivity contribution in [1.82, 2.24) is 5.32 Å². The van der Waals surface area contributed by atoms with Gasteiger partial charge in [-0.05, 0) is 47.5 Å². The first-order valence-corrected chi connectivity index (χ1v) is 11.7. The fourth-order valence-corrected chi connectivity index (χ4v) is 4.12. The molecule has 0 aliphatic carbocycles. The number of benzene rings is 3. The smallest absolute Gasteiger partial charge is 0.240 e. The van der Waals surface area contributed by atoms with E-state index in [1.807, 2.05) is 66.7 Å². The quantitative estimate of drug-likeness (QED) is 0.346. The second-order valence-electron chi connectivity index (χ2n) is 7.35. The van der Waals surface area contributed by atoms with Gasteiger partial charge in [-0.15, -0.1) is 5.10 Å². The molecule has 2 amide bonds. The van der Waals surface area contributed by atoms with E-state index < -0.39 is 5.25 Å². The van der Waals surface area contributed by atoms with Crippen molar-refractivity contribution in [2.24, 2.45) is 10.2 Å². The van der Waals surface area contributed by atoms with Crippen LogP contribution in [0, 0.1) is 0 Å². The Hall–Kier alpha value is -3.62. The summed E-state index contributed by atoms with van der Waals surface area (Å²) in [5.74, 6) is 0.193. The van der Waals surface area contributed by atoms with Crippen LogP contribution in [-0.4, -0.2) is 28.4 Å². The highest BCUT2D eigenvalue weighted by Gasteiger charge is 2.32. The predicted octanol–water partition coefficient (Wildman–Crippen LogP) is 4.87. The molecular formula is C25H21ClN4O3S. The molecular weight excluding hydrogens is 472 g/mol. The number of nitrogens with zero attached hydrogens (tertiary/aromatic N) is 2. The number of nitrogens with one attached hydrogen (secondary N) is 2. The molecule has 1 aliphatic rings. The van der Waals surface area contributed by atoms with Crippen molar-refractivity contribution in [3.63, 3.8) is 0 Å². The fraction of sp³-hybridized carbons (Fsp3) is 0.120. The van der Waals surface area contributed by atoms with Crippen molar-refractivity contribution in [2.45, 2.75) is 18.3 Å². The minimum Gasteiger partial charge on any atom is -0.489 e. The summed E-state index contributed by atoms with van der Waals surface area (Å²) < 4.78 is 5.82. The minimum absolute atomic E-state index is 0.0428. The minimum atomic E-state index is -0.553. The molecule has 0 aromatic heterocycles. The molecule has 1 aliphatic heterocycles. The van der Waals surface area contributed by atoms with Crippen LogP contribution in [-0.2, 0) is 16.2 Å². The molecule has 34 heavy (non-hydrogen) atoms. The van der Waals surface area contributed by atoms with Crippen LogP contribution in [0.4, 0.5) is 5.69 Å². The predicted molar refractivity (Wildman–Crippen MR) is 136 cm³/mol. The molecule has 2 N–H and O–H groups in total. The molecule has 0 spiro atoms. The number of para-hydroxylation sites is 1. The van der Waals surface area contributed by atoms with Crippen molar-refractivity contribution in [3.05, 3.63) is 95.0 Å². The Bertz CT molecular complexity index is 1220. The second kappa shape index (κ2) is 11.5. The molecule has 1 heterocycles. The molecule has 1 fully saturated rings. The summed E-state index contributed by atoms with van der Waals surface area (Å²) in [6, 6.07) is 24.0. The van der Waals surface area contributed by atoms with Crippen molar-refractivity contribution < 1.29 is 14.3 Å². The van der Waals surface area contributed by atoms with E-state index in [1.165, 1.54) is 11.8 Å². The van der Waals surface area contributed by atoms with Gasteiger partial charge in [-0.1, -0.05) is 65.8 Å². The van der Waals surface area contributed by atoms with Crippen LogP contribution in [0.1, 0.15) is 17.5 Å². The van der Waals surface area contributed by atoms with E-state index in [0.29, 0.717) is 28.2 Å². The SMILES string of the molecule is O=C(C[C@@H]1S/C(=N\N=C/c2cccc(OCc3ccc(Cl)cc3)c2)NC1=O)Nc1ccccc1. The highest BCUT2D eigenvalue weighted by atomic mass is 35.5. The van der Waals surface area contributed by atoms with Crippen molar-refractivity contribution >= 4 is 52.2 Å². The summed E-state index contributed by atoms with van der Waals surface area (Å²) in [7, 11) is 0. The summed E-state index contributed by atoms with van der Waals surface area (Å²) in [5, 5.41) is 14.1. The van der Waals surface area contributed by atoms with Crippen LogP contribution >= 0.6 is 23.4 Å². The van der Waals surface area contributed by atoms with Gasteiger partial charge in [-0.25, -0.2) is 0 Å². The number of rotatable bonds is 8. The van der Waals surface area contributed by atoms with E-state index in [2.05, 4.69) is 20.8 Å². The first-order valence-electron chi connectivity index (χ1n) is 10.5. The average molecular weight is 493 g/mol. The zero-order chi connectivity index (χ0) is 23.8. The number of carbonyl (C=O) groups excluding carboxylic acids is 2. The monoisotopic (exact) mass is 492 g/mol. The van der Waals surface area contributed by atoms with Crippen LogP contribution in [0.25, 0.3) is 0 Å². The summed E-state index contributed by atoms with van der Waals surface area (Å²) in [5.41, 5.74) is 2.50. The average Bonchev–Trinajstić information content (AvgIpc) is 3.18. The van der Waals surface area contributed by atoms with E-state index >= 15 is 0 Å². The number of carbonyl (C=O) groups is 2. The van der Waals surface area contributed by atoms with E-state index in [-0.39, 0.29) is 18.2 Å². The van der Waals surface area contributed by atoms with Gasteiger partial charge in [0, 0.05) is 17.1 Å². The summed E-state index contributed by atoms with van der Waals surface area (Å²) in [4.78, 5) is 24.4. The maximum Gasteiger partial charge on any atom is 0.240 e. The molecule has 0 bridgehead atoms. The number of hydrogen-bond acceptors (Lipinski definition) is 6. The van der Waals surface area contributed by atoms with E-state index in [1.54, 1.807) is 18.3 Å². The lowest BCUT2D eigenvalue weighted by Crippen LogP contribution is -2.28. The van der Waals surface area contributed by atoms with Gasteiger partial charge in [-0.2, -0.15) is 5.10 Å². The number of amidine groups is 1. The molecule has 3 aromatic rings. The van der Waals surface area contributed by atoms with Crippen molar-refractivity contribution in [3.8, 4) is 5.75 Å². The van der Waals surface area contributed by atoms with Crippen molar-refractivity contribution in [1.29, 1.82) is 0 Å². The number of thioether (sulfide) groups is 1. The zero-order valence-electron chi connectivity index (χ0n) is 18.0. The Morgan fingerprint density at radius 3 is 2.68 bits per heavy atom. The third kappa shape index (κ3) is 6.94. The Balaban J connectivity index is 1.29. The van der Waals surface area contributed by atoms with E-state index in [4.69, 9.17) is 16.3 Å². The molecule has 0 radical (unpaired) electrons. The molecule has 7 nitrogen and oxygen atoms in total. The Morgan fingerprint density at radius 2 is 1.88 bits per heavy atom. The molecule has 1 saturated heterocycles. The van der Waals surface area contributed by atoms with Gasteiger partial charge in [-0.3, -0.25) is 9.59 Å². The lowest BCUT2D eigenvalue weighted by molar-refractivity contribution is -0.122. The summed E-state index contributed by atoms with van der Waals surface area (Å²) in [6.45, 7) is 0.419. The number of ether oxygens (including phenoxy) is 1. The molecule has 1 atom stereocenters. The Kier molecular flexibility index (Phi) is 7.95. The number of hydrogen-bond donors (Lipinski definition) is 2. The van der Waals surface area contributed by atoms with Gasteiger partial charge in [0.25, 0.3) is 0 Å². The fourth-order valence-electron chi connectivity index (χ4n) is 3.07. The van der Waals surface area contributed by atoms with E-state index in [9.17, 15) is 9.59 Å². The first kappa shape index (κ1) is 23.5. The Labute approximate surface area is 206 Å². The van der Waals surface area contributed by atoms with Gasteiger partial charge in [0.05, 0.1) is 6.21 Å². The summed E-state index contributed by atoms with van der Waals surface area (Å²) in [6.07, 6.45) is 1.62. The van der Waals surface area contributed by atoms with Crippen LogP contribution in [0.3, 0.4) is 0 Å². The molecule has 0 saturated carbocycles. The highest BCUT2D eigenvalue weighted by Crippen LogP contribution is 2.23. The van der Waals surface area contributed by atoms with Crippen LogP contribution in [0.2, 0.25) is 5.02 Å². The number of anilines is 1. The second-order valence-corrected chi connectivity index (χ2v) is 8.98. The molecule has 172 valence electrons. The molecule has 3 aromatic carbocycles. The number of amides is 2. The number of halogens is 1. The lowest BCUT2D eigenvalue weighted by Gasteiger charge is -2.07. The van der Waals surface area contributed by atoms with Crippen molar-refractivity contribution in [2.75, 3.05) is 5.32 Å². The maximum absolute atomic E-state index is 12.2.